The van der Waals surface area contributed by atoms with Gasteiger partial charge in [0.1, 0.15) is 12.4 Å². The molecule has 2 aromatic carbocycles. The standard InChI is InChI=1S/C30H37FN4O6/c1-40-25-14-13-20(18-26(25)41-2)15-16-32-27(36)12-7-17-34-29(38)21-8-3-6-11-24(21)35(30(34)39)19-28(37)33-23-10-5-4-9-22(23)31/h4-5,9-10,13-14,18,21,24H,3,6-8,11-12,15-17,19H2,1-2H3,(H,32,36)(H,33,37). The molecule has 2 atom stereocenters. The number of rotatable bonds is 12. The Hall–Kier alpha value is -4.15. The number of hydrogen-bond acceptors (Lipinski definition) is 6. The topological polar surface area (TPSA) is 117 Å². The third kappa shape index (κ3) is 7.33. The minimum atomic E-state index is -0.569. The Morgan fingerprint density at radius 3 is 2.51 bits per heavy atom. The molecule has 2 unspecified atom stereocenters. The fourth-order valence-corrected chi connectivity index (χ4v) is 5.53. The number of hydrogen-bond donors (Lipinski definition) is 2. The van der Waals surface area contributed by atoms with Crippen molar-refractivity contribution < 1.29 is 33.0 Å². The first-order valence-corrected chi connectivity index (χ1v) is 14.0. The van der Waals surface area contributed by atoms with E-state index in [1.807, 2.05) is 18.2 Å². The minimum Gasteiger partial charge on any atom is -0.493 e. The molecule has 0 aromatic heterocycles. The summed E-state index contributed by atoms with van der Waals surface area (Å²) in [6.07, 6.45) is 4.03. The second kappa shape index (κ2) is 14.0. The van der Waals surface area contributed by atoms with E-state index in [-0.39, 0.29) is 43.1 Å². The molecule has 1 heterocycles. The van der Waals surface area contributed by atoms with Crippen molar-refractivity contribution >= 4 is 29.4 Å². The van der Waals surface area contributed by atoms with E-state index < -0.39 is 23.7 Å². The van der Waals surface area contributed by atoms with Crippen molar-refractivity contribution in [2.24, 2.45) is 5.92 Å². The van der Waals surface area contributed by atoms with Gasteiger partial charge in [-0.1, -0.05) is 31.0 Å². The molecule has 1 aliphatic carbocycles. The molecule has 2 aliphatic rings. The number of para-hydroxylation sites is 1. The Morgan fingerprint density at radius 2 is 1.76 bits per heavy atom. The van der Waals surface area contributed by atoms with Gasteiger partial charge in [-0.15, -0.1) is 0 Å². The predicted octanol–water partition coefficient (Wildman–Crippen LogP) is 3.74. The zero-order valence-corrected chi connectivity index (χ0v) is 23.5. The van der Waals surface area contributed by atoms with Crippen LogP contribution in [0.1, 0.15) is 44.1 Å². The molecule has 0 bridgehead atoms. The normalized spacial score (nSPS) is 18.5. The van der Waals surface area contributed by atoms with Gasteiger partial charge < -0.3 is 25.0 Å². The van der Waals surface area contributed by atoms with Crippen molar-refractivity contribution in [1.82, 2.24) is 15.1 Å². The van der Waals surface area contributed by atoms with Gasteiger partial charge in [-0.2, -0.15) is 0 Å². The maximum atomic E-state index is 14.0. The zero-order chi connectivity index (χ0) is 29.4. The van der Waals surface area contributed by atoms with Crippen molar-refractivity contribution in [1.29, 1.82) is 0 Å². The van der Waals surface area contributed by atoms with Crippen molar-refractivity contribution in [3.63, 3.8) is 0 Å². The number of methoxy groups -OCH3 is 2. The summed E-state index contributed by atoms with van der Waals surface area (Å²) in [7, 11) is 3.13. The summed E-state index contributed by atoms with van der Waals surface area (Å²) in [6, 6.07) is 10.5. The zero-order valence-electron chi connectivity index (χ0n) is 23.5. The molecule has 1 saturated heterocycles. The van der Waals surface area contributed by atoms with E-state index in [9.17, 15) is 23.6 Å². The number of amides is 5. The molecule has 0 radical (unpaired) electrons. The van der Waals surface area contributed by atoms with Crippen LogP contribution in [0.15, 0.2) is 42.5 Å². The van der Waals surface area contributed by atoms with Crippen LogP contribution in [0.3, 0.4) is 0 Å². The largest absolute Gasteiger partial charge is 0.493 e. The lowest BCUT2D eigenvalue weighted by Crippen LogP contribution is -2.63. The number of urea groups is 1. The molecule has 10 nitrogen and oxygen atoms in total. The third-order valence-electron chi connectivity index (χ3n) is 7.62. The number of ether oxygens (including phenoxy) is 2. The summed E-state index contributed by atoms with van der Waals surface area (Å²) in [4.78, 5) is 54.5. The molecule has 0 spiro atoms. The molecule has 5 amide bonds. The van der Waals surface area contributed by atoms with Gasteiger partial charge in [-0.25, -0.2) is 9.18 Å². The summed E-state index contributed by atoms with van der Waals surface area (Å²) >= 11 is 0. The molecular formula is C30H37FN4O6. The van der Waals surface area contributed by atoms with Gasteiger partial charge in [0.2, 0.25) is 17.7 Å². The molecule has 4 rings (SSSR count). The Kier molecular flexibility index (Phi) is 10.2. The summed E-state index contributed by atoms with van der Waals surface area (Å²) in [5, 5.41) is 5.40. The predicted molar refractivity (Wildman–Crippen MR) is 150 cm³/mol. The summed E-state index contributed by atoms with van der Waals surface area (Å²) in [5.41, 5.74) is 1.01. The summed E-state index contributed by atoms with van der Waals surface area (Å²) in [6.45, 7) is 0.217. The van der Waals surface area contributed by atoms with Gasteiger partial charge in [0.15, 0.2) is 11.5 Å². The number of carbonyl (C=O) groups excluding carboxylic acids is 4. The van der Waals surface area contributed by atoms with Crippen LogP contribution in [0.2, 0.25) is 0 Å². The molecule has 1 saturated carbocycles. The Morgan fingerprint density at radius 1 is 1.00 bits per heavy atom. The van der Waals surface area contributed by atoms with Gasteiger partial charge >= 0.3 is 6.03 Å². The van der Waals surface area contributed by atoms with E-state index in [1.165, 1.54) is 28.0 Å². The lowest BCUT2D eigenvalue weighted by atomic mass is 9.81. The summed E-state index contributed by atoms with van der Waals surface area (Å²) in [5.74, 6) is -0.676. The van der Waals surface area contributed by atoms with Crippen LogP contribution in [0.5, 0.6) is 11.5 Å². The van der Waals surface area contributed by atoms with E-state index >= 15 is 0 Å². The van der Waals surface area contributed by atoms with Crippen LogP contribution >= 0.6 is 0 Å². The highest BCUT2D eigenvalue weighted by Crippen LogP contribution is 2.34. The minimum absolute atomic E-state index is 0.0345. The van der Waals surface area contributed by atoms with Crippen LogP contribution in [-0.2, 0) is 20.8 Å². The Labute approximate surface area is 239 Å². The average molecular weight is 569 g/mol. The lowest BCUT2D eigenvalue weighted by molar-refractivity contribution is -0.142. The van der Waals surface area contributed by atoms with Gasteiger partial charge in [0.25, 0.3) is 0 Å². The second-order valence-corrected chi connectivity index (χ2v) is 10.3. The fraction of sp³-hybridized carbons (Fsp3) is 0.467. The highest BCUT2D eigenvalue weighted by molar-refractivity contribution is 6.01. The molecule has 2 aromatic rings. The number of benzene rings is 2. The van der Waals surface area contributed by atoms with Crippen LogP contribution in [0.25, 0.3) is 0 Å². The van der Waals surface area contributed by atoms with Crippen molar-refractivity contribution in [2.75, 3.05) is 39.2 Å². The van der Waals surface area contributed by atoms with E-state index in [1.54, 1.807) is 20.3 Å². The molecule has 41 heavy (non-hydrogen) atoms. The van der Waals surface area contributed by atoms with Crippen LogP contribution < -0.4 is 20.1 Å². The maximum absolute atomic E-state index is 14.0. The molecule has 1 aliphatic heterocycles. The Bertz CT molecular complexity index is 1270. The number of carbonyl (C=O) groups is 4. The highest BCUT2D eigenvalue weighted by atomic mass is 19.1. The number of nitrogens with zero attached hydrogens (tertiary/aromatic N) is 2. The number of imide groups is 1. The SMILES string of the molecule is COc1ccc(CCNC(=O)CCCN2C(=O)C3CCCCC3N(CC(=O)Nc3ccccc3F)C2=O)cc1OC. The van der Waals surface area contributed by atoms with Gasteiger partial charge in [-0.3, -0.25) is 19.3 Å². The fourth-order valence-electron chi connectivity index (χ4n) is 5.53. The molecule has 2 N–H and O–H groups in total. The first-order chi connectivity index (χ1) is 19.8. The van der Waals surface area contributed by atoms with E-state index in [0.717, 1.165) is 18.4 Å². The number of nitrogens with one attached hydrogen (secondary N) is 2. The highest BCUT2D eigenvalue weighted by Gasteiger charge is 2.47. The molecule has 11 heteroatoms. The van der Waals surface area contributed by atoms with Gasteiger partial charge in [0, 0.05) is 25.6 Å². The lowest BCUT2D eigenvalue weighted by Gasteiger charge is -2.46. The summed E-state index contributed by atoms with van der Waals surface area (Å²) < 4.78 is 24.6. The average Bonchev–Trinajstić information content (AvgIpc) is 2.98. The van der Waals surface area contributed by atoms with Crippen LogP contribution in [0, 0.1) is 11.7 Å². The Balaban J connectivity index is 1.30. The molecule has 2 fully saturated rings. The maximum Gasteiger partial charge on any atom is 0.327 e. The number of anilines is 1. The molecular weight excluding hydrogens is 531 g/mol. The number of halogens is 1. The van der Waals surface area contributed by atoms with Crippen molar-refractivity contribution in [3.8, 4) is 11.5 Å². The van der Waals surface area contributed by atoms with Crippen LogP contribution in [0.4, 0.5) is 14.9 Å². The van der Waals surface area contributed by atoms with Crippen LogP contribution in [-0.4, -0.2) is 73.4 Å². The van der Waals surface area contributed by atoms with Crippen molar-refractivity contribution in [3.05, 3.63) is 53.8 Å². The van der Waals surface area contributed by atoms with Crippen molar-refractivity contribution in [2.45, 2.75) is 51.0 Å². The first-order valence-electron chi connectivity index (χ1n) is 14.0. The smallest absolute Gasteiger partial charge is 0.327 e. The van der Waals surface area contributed by atoms with E-state index in [2.05, 4.69) is 10.6 Å². The van der Waals surface area contributed by atoms with Gasteiger partial charge in [0.05, 0.1) is 25.8 Å². The van der Waals surface area contributed by atoms with Gasteiger partial charge in [-0.05, 0) is 55.5 Å². The molecule has 220 valence electrons. The monoisotopic (exact) mass is 568 g/mol. The first kappa shape index (κ1) is 29.8. The number of fused-ring (bicyclic) bond motifs is 1. The second-order valence-electron chi connectivity index (χ2n) is 10.3. The quantitative estimate of drug-likeness (QED) is 0.403. The third-order valence-corrected chi connectivity index (χ3v) is 7.62. The van der Waals surface area contributed by atoms with E-state index in [0.29, 0.717) is 43.7 Å². The van der Waals surface area contributed by atoms with E-state index in [4.69, 9.17) is 9.47 Å².